The van der Waals surface area contributed by atoms with Crippen molar-refractivity contribution in [2.75, 3.05) is 11.9 Å². The van der Waals surface area contributed by atoms with E-state index < -0.39 is 23.4 Å². The van der Waals surface area contributed by atoms with E-state index in [0.29, 0.717) is 5.56 Å². The van der Waals surface area contributed by atoms with Gasteiger partial charge in [0.05, 0.1) is 11.3 Å². The Morgan fingerprint density at radius 3 is 2.44 bits per heavy atom. The predicted molar refractivity (Wildman–Crippen MR) is 92.3 cm³/mol. The van der Waals surface area contributed by atoms with Crippen molar-refractivity contribution < 1.29 is 19.2 Å². The number of nitro benzene ring substituents is 1. The van der Waals surface area contributed by atoms with Crippen LogP contribution in [0.5, 0.6) is 0 Å². The van der Waals surface area contributed by atoms with Crippen molar-refractivity contribution in [2.24, 2.45) is 0 Å². The molecular formula is C18H18N2O5. The van der Waals surface area contributed by atoms with E-state index in [-0.39, 0.29) is 17.8 Å². The first-order valence-corrected chi connectivity index (χ1v) is 7.62. The van der Waals surface area contributed by atoms with Gasteiger partial charge in [-0.2, -0.15) is 0 Å². The molecule has 0 spiro atoms. The Labute approximate surface area is 144 Å². The minimum atomic E-state index is -0.627. The number of anilines is 1. The number of carbonyl (C=O) groups excluding carboxylic acids is 2. The summed E-state index contributed by atoms with van der Waals surface area (Å²) in [5.74, 6) is -1.17. The lowest BCUT2D eigenvalue weighted by Crippen LogP contribution is -2.22. The van der Waals surface area contributed by atoms with E-state index in [1.165, 1.54) is 6.07 Å². The Morgan fingerprint density at radius 2 is 1.80 bits per heavy atom. The molecule has 7 heteroatoms. The Bertz CT molecular complexity index is 803. The van der Waals surface area contributed by atoms with Gasteiger partial charge in [0.15, 0.2) is 6.61 Å². The first kappa shape index (κ1) is 18.1. The van der Waals surface area contributed by atoms with Crippen molar-refractivity contribution in [3.05, 3.63) is 69.3 Å². The molecule has 7 nitrogen and oxygen atoms in total. The van der Waals surface area contributed by atoms with Gasteiger partial charge in [0.25, 0.3) is 11.6 Å². The molecule has 0 heterocycles. The third-order valence-corrected chi connectivity index (χ3v) is 3.73. The van der Waals surface area contributed by atoms with Crippen molar-refractivity contribution in [3.63, 3.8) is 0 Å². The molecular weight excluding hydrogens is 324 g/mol. The molecule has 0 atom stereocenters. The molecule has 25 heavy (non-hydrogen) atoms. The zero-order valence-electron chi connectivity index (χ0n) is 13.9. The van der Waals surface area contributed by atoms with Gasteiger partial charge in [-0.25, -0.2) is 0 Å². The van der Waals surface area contributed by atoms with Crippen LogP contribution < -0.4 is 5.32 Å². The summed E-state index contributed by atoms with van der Waals surface area (Å²) in [5, 5.41) is 13.6. The van der Waals surface area contributed by atoms with Crippen LogP contribution in [0.1, 0.15) is 16.7 Å². The quantitative estimate of drug-likeness (QED) is 0.494. The molecule has 1 amide bonds. The van der Waals surface area contributed by atoms with Crippen LogP contribution in [-0.2, 0) is 20.7 Å². The van der Waals surface area contributed by atoms with Gasteiger partial charge in [0.2, 0.25) is 0 Å². The molecule has 0 aliphatic heterocycles. The first-order valence-electron chi connectivity index (χ1n) is 7.62. The summed E-state index contributed by atoms with van der Waals surface area (Å²) in [6.45, 7) is 2.96. The summed E-state index contributed by atoms with van der Waals surface area (Å²) < 4.78 is 4.93. The van der Waals surface area contributed by atoms with Crippen LogP contribution in [-0.4, -0.2) is 23.4 Å². The smallest absolute Gasteiger partial charge is 0.310 e. The van der Waals surface area contributed by atoms with Crippen LogP contribution in [0.25, 0.3) is 0 Å². The maximum atomic E-state index is 12.0. The van der Waals surface area contributed by atoms with Crippen LogP contribution >= 0.6 is 0 Å². The van der Waals surface area contributed by atoms with E-state index in [0.717, 1.165) is 11.1 Å². The zero-order chi connectivity index (χ0) is 18.4. The Morgan fingerprint density at radius 1 is 1.12 bits per heavy atom. The second-order valence-corrected chi connectivity index (χ2v) is 5.53. The number of nitrogens with zero attached hydrogens (tertiary/aromatic N) is 1. The summed E-state index contributed by atoms with van der Waals surface area (Å²) in [4.78, 5) is 34.3. The number of hydrogen-bond acceptors (Lipinski definition) is 5. The summed E-state index contributed by atoms with van der Waals surface area (Å²) >= 11 is 0. The lowest BCUT2D eigenvalue weighted by atomic mass is 10.1. The first-order chi connectivity index (χ1) is 11.9. The highest BCUT2D eigenvalue weighted by molar-refractivity contribution is 5.96. The third-order valence-electron chi connectivity index (χ3n) is 3.73. The number of benzene rings is 2. The number of amides is 1. The van der Waals surface area contributed by atoms with Gasteiger partial charge < -0.3 is 10.1 Å². The summed E-state index contributed by atoms with van der Waals surface area (Å²) in [7, 11) is 0. The lowest BCUT2D eigenvalue weighted by molar-refractivity contribution is -0.384. The van der Waals surface area contributed by atoms with Gasteiger partial charge in [0, 0.05) is 6.07 Å². The van der Waals surface area contributed by atoms with E-state index in [9.17, 15) is 19.7 Å². The number of carbonyl (C=O) groups is 2. The van der Waals surface area contributed by atoms with Crippen molar-refractivity contribution in [1.29, 1.82) is 0 Å². The molecule has 0 unspecified atom stereocenters. The maximum absolute atomic E-state index is 12.0. The Hall–Kier alpha value is -3.22. The maximum Gasteiger partial charge on any atom is 0.310 e. The van der Waals surface area contributed by atoms with Gasteiger partial charge in [-0.1, -0.05) is 36.4 Å². The number of nitrogens with one attached hydrogen (secondary N) is 1. The largest absolute Gasteiger partial charge is 0.455 e. The van der Waals surface area contributed by atoms with Gasteiger partial charge in [0.1, 0.15) is 5.69 Å². The number of aryl methyl sites for hydroxylation is 1. The number of esters is 1. The van der Waals surface area contributed by atoms with Crippen molar-refractivity contribution in [1.82, 2.24) is 0 Å². The highest BCUT2D eigenvalue weighted by Gasteiger charge is 2.20. The normalized spacial score (nSPS) is 10.2. The molecule has 2 aromatic carbocycles. The average Bonchev–Trinajstić information content (AvgIpc) is 2.58. The van der Waals surface area contributed by atoms with Crippen molar-refractivity contribution in [2.45, 2.75) is 20.3 Å². The summed E-state index contributed by atoms with van der Waals surface area (Å²) in [5.41, 5.74) is 2.10. The minimum absolute atomic E-state index is 0.0533. The van der Waals surface area contributed by atoms with Gasteiger partial charge in [-0.05, 0) is 30.5 Å². The topological polar surface area (TPSA) is 98.5 Å². The third kappa shape index (κ3) is 4.87. The number of ether oxygens (including phenoxy) is 1. The lowest BCUT2D eigenvalue weighted by Gasteiger charge is -2.11. The molecule has 0 aromatic heterocycles. The zero-order valence-corrected chi connectivity index (χ0v) is 13.9. The molecule has 0 aliphatic carbocycles. The highest BCUT2D eigenvalue weighted by atomic mass is 16.6. The van der Waals surface area contributed by atoms with E-state index in [1.54, 1.807) is 44.2 Å². The van der Waals surface area contributed by atoms with Crippen LogP contribution in [0.3, 0.4) is 0 Å². The molecule has 0 aliphatic rings. The molecule has 0 saturated heterocycles. The van der Waals surface area contributed by atoms with Gasteiger partial charge in [-0.3, -0.25) is 19.7 Å². The summed E-state index contributed by atoms with van der Waals surface area (Å²) in [6, 6.07) is 11.9. The Kier molecular flexibility index (Phi) is 5.84. The van der Waals surface area contributed by atoms with E-state index >= 15 is 0 Å². The second-order valence-electron chi connectivity index (χ2n) is 5.53. The molecule has 1 N–H and O–H groups in total. The Balaban J connectivity index is 1.98. The molecule has 0 saturated carbocycles. The SMILES string of the molecule is Cc1ccc([N+](=O)[O-])c(NC(=O)COC(=O)Cc2ccccc2)c1C. The molecule has 130 valence electrons. The predicted octanol–water partition coefficient (Wildman–Crippen LogP) is 2.94. The van der Waals surface area contributed by atoms with E-state index in [1.807, 2.05) is 6.07 Å². The molecule has 2 rings (SSSR count). The molecule has 0 radical (unpaired) electrons. The summed E-state index contributed by atoms with van der Waals surface area (Å²) in [6.07, 6.45) is 0.0533. The monoisotopic (exact) mass is 342 g/mol. The number of nitro groups is 1. The van der Waals surface area contributed by atoms with Gasteiger partial charge in [-0.15, -0.1) is 0 Å². The molecule has 0 fully saturated rings. The second kappa shape index (κ2) is 8.05. The number of rotatable bonds is 6. The fourth-order valence-electron chi connectivity index (χ4n) is 2.25. The molecule has 2 aromatic rings. The van der Waals surface area contributed by atoms with Crippen LogP contribution in [0, 0.1) is 24.0 Å². The van der Waals surface area contributed by atoms with E-state index in [2.05, 4.69) is 5.32 Å². The molecule has 0 bridgehead atoms. The van der Waals surface area contributed by atoms with Crippen LogP contribution in [0.15, 0.2) is 42.5 Å². The van der Waals surface area contributed by atoms with Gasteiger partial charge >= 0.3 is 5.97 Å². The fraction of sp³-hybridized carbons (Fsp3) is 0.222. The van der Waals surface area contributed by atoms with Crippen LogP contribution in [0.4, 0.5) is 11.4 Å². The highest BCUT2D eigenvalue weighted by Crippen LogP contribution is 2.30. The fourth-order valence-corrected chi connectivity index (χ4v) is 2.25. The number of hydrogen-bond donors (Lipinski definition) is 1. The van der Waals surface area contributed by atoms with Crippen molar-refractivity contribution >= 4 is 23.3 Å². The average molecular weight is 342 g/mol. The van der Waals surface area contributed by atoms with Crippen molar-refractivity contribution in [3.8, 4) is 0 Å². The van der Waals surface area contributed by atoms with E-state index in [4.69, 9.17) is 4.74 Å². The minimum Gasteiger partial charge on any atom is -0.455 e. The van der Waals surface area contributed by atoms with Crippen LogP contribution in [0.2, 0.25) is 0 Å². The standard InChI is InChI=1S/C18H18N2O5/c1-12-8-9-15(20(23)24)18(13(12)2)19-16(21)11-25-17(22)10-14-6-4-3-5-7-14/h3-9H,10-11H2,1-2H3,(H,19,21).